The third-order valence-electron chi connectivity index (χ3n) is 4.63. The molecule has 170 valence electrons. The summed E-state index contributed by atoms with van der Waals surface area (Å²) in [6.07, 6.45) is -1.35. The fourth-order valence-electron chi connectivity index (χ4n) is 3.04. The van der Waals surface area contributed by atoms with Crippen molar-refractivity contribution in [1.82, 2.24) is 10.6 Å². The minimum atomic E-state index is -0.864. The number of benzene rings is 2. The number of hydrogen-bond donors (Lipinski definition) is 3. The van der Waals surface area contributed by atoms with Crippen LogP contribution in [0.2, 0.25) is 10.0 Å². The number of aliphatic hydroxyl groups is 1. The molecular formula is C22H21Cl2FN2O5. The molecule has 0 fully saturated rings. The number of hydrogen-bond acceptors (Lipinski definition) is 5. The topological polar surface area (TPSA) is 96.9 Å². The van der Waals surface area contributed by atoms with Gasteiger partial charge in [0.2, 0.25) is 0 Å². The average Bonchev–Trinajstić information content (AvgIpc) is 2.74. The van der Waals surface area contributed by atoms with Crippen molar-refractivity contribution < 1.29 is 28.6 Å². The largest absolute Gasteiger partial charge is 0.484 e. The number of carbonyl (C=O) groups excluding carboxylic acids is 2. The van der Waals surface area contributed by atoms with Gasteiger partial charge in [-0.3, -0.25) is 9.59 Å². The second kappa shape index (κ2) is 10.7. The molecule has 0 saturated carbocycles. The minimum absolute atomic E-state index is 0.0426. The number of fused-ring (bicyclic) bond motifs is 1. The number of carbonyl (C=O) groups is 2. The van der Waals surface area contributed by atoms with Gasteiger partial charge in [0.15, 0.2) is 12.7 Å². The maximum absolute atomic E-state index is 13.4. The zero-order valence-electron chi connectivity index (χ0n) is 16.9. The normalized spacial score (nSPS) is 17.0. The van der Waals surface area contributed by atoms with Gasteiger partial charge in [0, 0.05) is 41.7 Å². The van der Waals surface area contributed by atoms with E-state index in [0.29, 0.717) is 22.0 Å². The molecule has 1 aliphatic heterocycles. The molecule has 1 heterocycles. The average molecular weight is 483 g/mol. The van der Waals surface area contributed by atoms with Crippen LogP contribution in [-0.2, 0) is 9.59 Å². The lowest BCUT2D eigenvalue weighted by molar-refractivity contribution is -0.130. The molecule has 0 aromatic heterocycles. The van der Waals surface area contributed by atoms with Gasteiger partial charge in [0.05, 0.1) is 11.1 Å². The van der Waals surface area contributed by atoms with E-state index in [2.05, 4.69) is 17.2 Å². The highest BCUT2D eigenvalue weighted by atomic mass is 35.5. The lowest BCUT2D eigenvalue weighted by Crippen LogP contribution is -2.42. The van der Waals surface area contributed by atoms with Crippen molar-refractivity contribution in [2.45, 2.75) is 25.0 Å². The van der Waals surface area contributed by atoms with Crippen molar-refractivity contribution in [1.29, 1.82) is 0 Å². The summed E-state index contributed by atoms with van der Waals surface area (Å²) in [5.74, 6) is -0.946. The van der Waals surface area contributed by atoms with Gasteiger partial charge in [-0.15, -0.1) is 0 Å². The lowest BCUT2D eigenvalue weighted by Gasteiger charge is -2.29. The molecule has 0 radical (unpaired) electrons. The monoisotopic (exact) mass is 482 g/mol. The third kappa shape index (κ3) is 6.35. The Hall–Kier alpha value is -2.81. The fourth-order valence-corrected chi connectivity index (χ4v) is 3.34. The van der Waals surface area contributed by atoms with Crippen LogP contribution < -0.4 is 20.1 Å². The fraction of sp³-hybridized carbons (Fsp3) is 0.273. The maximum atomic E-state index is 13.4. The zero-order valence-corrected chi connectivity index (χ0v) is 18.4. The number of amides is 2. The van der Waals surface area contributed by atoms with Gasteiger partial charge in [-0.1, -0.05) is 29.8 Å². The Labute approximate surface area is 194 Å². The van der Waals surface area contributed by atoms with Crippen LogP contribution in [0.1, 0.15) is 24.5 Å². The molecule has 0 aliphatic carbocycles. The summed E-state index contributed by atoms with van der Waals surface area (Å²) in [6.45, 7) is 3.59. The van der Waals surface area contributed by atoms with E-state index in [9.17, 15) is 19.1 Å². The van der Waals surface area contributed by atoms with Crippen LogP contribution in [0.3, 0.4) is 0 Å². The smallest absolute Gasteiger partial charge is 0.262 e. The molecule has 7 nitrogen and oxygen atoms in total. The standard InChI is InChI=1S/C22H21Cl2FN2O5/c1-12(27-21(29)11-31-14-3-4-16(24)17(25)9-14)6-7-26-22(30)20-10-18(28)15-8-13(23)2-5-19(15)32-20/h2-5,8-9,18,20,28H,1,6-7,10-11H2,(H,26,30)(H,27,29)/t18-,20+/m0/s1. The van der Waals surface area contributed by atoms with Crippen LogP contribution in [0.25, 0.3) is 0 Å². The van der Waals surface area contributed by atoms with Crippen LogP contribution in [0.5, 0.6) is 11.5 Å². The Kier molecular flexibility index (Phi) is 7.95. The predicted octanol–water partition coefficient (Wildman–Crippen LogP) is 3.53. The van der Waals surface area contributed by atoms with Crippen molar-refractivity contribution in [3.63, 3.8) is 0 Å². The molecule has 0 saturated heterocycles. The van der Waals surface area contributed by atoms with E-state index >= 15 is 0 Å². The van der Waals surface area contributed by atoms with Gasteiger partial charge in [-0.05, 0) is 30.3 Å². The number of aliphatic hydroxyl groups excluding tert-OH is 1. The van der Waals surface area contributed by atoms with E-state index in [1.807, 2.05) is 0 Å². The first-order valence-electron chi connectivity index (χ1n) is 9.70. The second-order valence-corrected chi connectivity index (χ2v) is 7.94. The minimum Gasteiger partial charge on any atom is -0.484 e. The lowest BCUT2D eigenvalue weighted by atomic mass is 9.98. The second-order valence-electron chi connectivity index (χ2n) is 7.10. The van der Waals surface area contributed by atoms with Gasteiger partial charge in [0.25, 0.3) is 11.8 Å². The highest BCUT2D eigenvalue weighted by Crippen LogP contribution is 2.36. The number of ether oxygens (including phenoxy) is 2. The zero-order chi connectivity index (χ0) is 23.3. The molecule has 2 aromatic rings. The van der Waals surface area contributed by atoms with E-state index in [-0.39, 0.29) is 36.8 Å². The van der Waals surface area contributed by atoms with Crippen LogP contribution >= 0.6 is 23.2 Å². The quantitative estimate of drug-likeness (QED) is 0.534. The van der Waals surface area contributed by atoms with Gasteiger partial charge < -0.3 is 25.2 Å². The van der Waals surface area contributed by atoms with Gasteiger partial charge >= 0.3 is 0 Å². The first-order valence-corrected chi connectivity index (χ1v) is 10.5. The molecule has 2 aromatic carbocycles. The van der Waals surface area contributed by atoms with Crippen LogP contribution in [0, 0.1) is 5.82 Å². The Balaban J connectivity index is 1.38. The van der Waals surface area contributed by atoms with Crippen LogP contribution in [0.4, 0.5) is 4.39 Å². The molecule has 1 aliphatic rings. The third-order valence-corrected chi connectivity index (χ3v) is 5.17. The van der Waals surface area contributed by atoms with Crippen molar-refractivity contribution in [3.8, 4) is 11.5 Å². The summed E-state index contributed by atoms with van der Waals surface area (Å²) < 4.78 is 24.2. The molecule has 0 bridgehead atoms. The Bertz CT molecular complexity index is 1030. The summed E-state index contributed by atoms with van der Waals surface area (Å²) in [4.78, 5) is 24.3. The van der Waals surface area contributed by atoms with Crippen LogP contribution in [0.15, 0.2) is 48.7 Å². The molecule has 0 unspecified atom stereocenters. The van der Waals surface area contributed by atoms with Gasteiger partial charge in [-0.25, -0.2) is 4.39 Å². The number of halogens is 3. The maximum Gasteiger partial charge on any atom is 0.262 e. The molecular weight excluding hydrogens is 462 g/mol. The highest BCUT2D eigenvalue weighted by molar-refractivity contribution is 6.31. The van der Waals surface area contributed by atoms with E-state index in [0.717, 1.165) is 6.07 Å². The summed E-state index contributed by atoms with van der Waals surface area (Å²) in [5, 5.41) is 15.9. The van der Waals surface area contributed by atoms with Crippen LogP contribution in [-0.4, -0.2) is 36.2 Å². The first-order chi connectivity index (χ1) is 15.2. The van der Waals surface area contributed by atoms with Gasteiger partial charge in [0.1, 0.15) is 17.3 Å². The number of nitrogens with one attached hydrogen (secondary N) is 2. The van der Waals surface area contributed by atoms with Crippen molar-refractivity contribution in [2.75, 3.05) is 13.2 Å². The van der Waals surface area contributed by atoms with E-state index in [1.165, 1.54) is 12.1 Å². The summed E-state index contributed by atoms with van der Waals surface area (Å²) in [6, 6.07) is 8.69. The number of rotatable bonds is 8. The molecule has 32 heavy (non-hydrogen) atoms. The summed E-state index contributed by atoms with van der Waals surface area (Å²) in [5.41, 5.74) is 0.909. The van der Waals surface area contributed by atoms with E-state index in [1.54, 1.807) is 18.2 Å². The van der Waals surface area contributed by atoms with Gasteiger partial charge in [-0.2, -0.15) is 0 Å². The molecule has 3 rings (SSSR count). The first kappa shape index (κ1) is 23.8. The van der Waals surface area contributed by atoms with Crippen molar-refractivity contribution >= 4 is 35.0 Å². The summed E-state index contributed by atoms with van der Waals surface area (Å²) >= 11 is 11.5. The SMILES string of the molecule is C=C(CCNC(=O)[C@H]1C[C@H](O)c2cc(Cl)ccc2O1)NC(=O)COc1ccc(Cl)c(F)c1. The molecule has 3 N–H and O–H groups in total. The highest BCUT2D eigenvalue weighted by Gasteiger charge is 2.31. The molecule has 2 amide bonds. The predicted molar refractivity (Wildman–Crippen MR) is 117 cm³/mol. The summed E-state index contributed by atoms with van der Waals surface area (Å²) in [7, 11) is 0. The Morgan fingerprint density at radius 2 is 2.03 bits per heavy atom. The molecule has 2 atom stereocenters. The van der Waals surface area contributed by atoms with Crippen molar-refractivity contribution in [3.05, 3.63) is 70.1 Å². The molecule has 10 heteroatoms. The Morgan fingerprint density at radius 3 is 2.78 bits per heavy atom. The van der Waals surface area contributed by atoms with E-state index in [4.69, 9.17) is 32.7 Å². The Morgan fingerprint density at radius 1 is 1.25 bits per heavy atom. The molecule has 0 spiro atoms. The van der Waals surface area contributed by atoms with Crippen molar-refractivity contribution in [2.24, 2.45) is 0 Å². The van der Waals surface area contributed by atoms with E-state index < -0.39 is 29.8 Å².